The normalized spacial score (nSPS) is 28.6. The number of hydrogen-bond acceptors (Lipinski definition) is 0. The monoisotopic (exact) mass is 187 g/mol. The number of allylic oxidation sites excluding steroid dienone is 8. The van der Waals surface area contributed by atoms with Gasteiger partial charge in [0.25, 0.3) is 0 Å². The van der Waals surface area contributed by atoms with Gasteiger partial charge in [0.15, 0.2) is 0 Å². The van der Waals surface area contributed by atoms with E-state index >= 15 is 0 Å². The average Bonchev–Trinajstić information content (AvgIpc) is 2.22. The third-order valence-corrected chi connectivity index (χ3v) is 2.10. The lowest BCUT2D eigenvalue weighted by Crippen LogP contribution is -1.71. The molecule has 0 aromatic rings. The summed E-state index contributed by atoms with van der Waals surface area (Å²) >= 11 is 0. The SMILES string of the molecule is [CH]1/C=C/C=C\CC/C=C/CC/C=C/C1. The lowest BCUT2D eigenvalue weighted by Gasteiger charge is -1.90. The van der Waals surface area contributed by atoms with Crippen LogP contribution in [0.25, 0.3) is 0 Å². The van der Waals surface area contributed by atoms with Crippen LogP contribution in [0, 0.1) is 6.42 Å². The summed E-state index contributed by atoms with van der Waals surface area (Å²) in [6.45, 7) is 0. The van der Waals surface area contributed by atoms with E-state index in [9.17, 15) is 0 Å². The zero-order chi connectivity index (χ0) is 9.90. The molecule has 0 aromatic carbocycles. The molecular formula is C14H19. The zero-order valence-corrected chi connectivity index (χ0v) is 8.73. The van der Waals surface area contributed by atoms with E-state index in [0.717, 1.165) is 19.3 Å². The molecule has 0 heteroatoms. The highest BCUT2D eigenvalue weighted by molar-refractivity contribution is 5.09. The van der Waals surface area contributed by atoms with E-state index in [-0.39, 0.29) is 0 Å². The van der Waals surface area contributed by atoms with Crippen LogP contribution in [0.4, 0.5) is 0 Å². The van der Waals surface area contributed by atoms with E-state index in [4.69, 9.17) is 0 Å². The molecule has 0 aliphatic heterocycles. The predicted octanol–water partition coefficient (Wildman–Crippen LogP) is 4.38. The van der Waals surface area contributed by atoms with Crippen LogP contribution in [0.2, 0.25) is 0 Å². The standard InChI is InChI=1S/C14H19/c1-2-4-6-8-10-12-14-13-11-9-7-5-3-1/h1-5,8,10-11,13H,6-7,9,12,14H2/b2-1+,5-3-,10-8+,13-11+. The Morgan fingerprint density at radius 3 is 1.93 bits per heavy atom. The molecule has 1 radical (unpaired) electrons. The maximum Gasteiger partial charge on any atom is -0.0130 e. The second kappa shape index (κ2) is 8.55. The molecule has 0 N–H and O–H groups in total. The summed E-state index contributed by atoms with van der Waals surface area (Å²) in [5, 5.41) is 0. The van der Waals surface area contributed by atoms with Crippen molar-refractivity contribution < 1.29 is 0 Å². The lowest BCUT2D eigenvalue weighted by atomic mass is 10.2. The van der Waals surface area contributed by atoms with Gasteiger partial charge in [0.05, 0.1) is 0 Å². The topological polar surface area (TPSA) is 0 Å². The van der Waals surface area contributed by atoms with Crippen molar-refractivity contribution in [3.05, 3.63) is 55.0 Å². The van der Waals surface area contributed by atoms with E-state index in [1.54, 1.807) is 0 Å². The fourth-order valence-electron chi connectivity index (χ4n) is 1.31. The second-order valence-electron chi connectivity index (χ2n) is 3.38. The minimum atomic E-state index is 1.05. The van der Waals surface area contributed by atoms with Crippen molar-refractivity contribution in [2.45, 2.75) is 32.1 Å². The first kappa shape index (κ1) is 11.0. The van der Waals surface area contributed by atoms with Crippen molar-refractivity contribution in [2.24, 2.45) is 0 Å². The molecule has 0 nitrogen and oxygen atoms in total. The maximum absolute atomic E-state index is 2.28. The first-order valence-electron chi connectivity index (χ1n) is 5.45. The first-order valence-corrected chi connectivity index (χ1v) is 5.45. The fourth-order valence-corrected chi connectivity index (χ4v) is 1.31. The highest BCUT2D eigenvalue weighted by Gasteiger charge is 1.81. The minimum absolute atomic E-state index is 1.05. The third-order valence-electron chi connectivity index (χ3n) is 2.10. The molecule has 1 aliphatic rings. The van der Waals surface area contributed by atoms with Crippen LogP contribution >= 0.6 is 0 Å². The highest BCUT2D eigenvalue weighted by Crippen LogP contribution is 2.01. The Bertz CT molecular complexity index is 202. The summed E-state index contributed by atoms with van der Waals surface area (Å²) in [6, 6.07) is 0. The van der Waals surface area contributed by atoms with Crippen LogP contribution in [0.3, 0.4) is 0 Å². The van der Waals surface area contributed by atoms with Gasteiger partial charge in [0.2, 0.25) is 0 Å². The number of hydrogen-bond donors (Lipinski definition) is 0. The molecule has 75 valence electrons. The number of rotatable bonds is 0. The Balaban J connectivity index is 2.34. The Kier molecular flexibility index (Phi) is 6.74. The van der Waals surface area contributed by atoms with E-state index in [1.165, 1.54) is 12.8 Å². The van der Waals surface area contributed by atoms with E-state index < -0.39 is 0 Å². The van der Waals surface area contributed by atoms with Crippen LogP contribution in [-0.4, -0.2) is 0 Å². The average molecular weight is 187 g/mol. The van der Waals surface area contributed by atoms with Gasteiger partial charge in [-0.3, -0.25) is 0 Å². The summed E-state index contributed by atoms with van der Waals surface area (Å²) < 4.78 is 0. The molecule has 14 heavy (non-hydrogen) atoms. The molecule has 0 bridgehead atoms. The lowest BCUT2D eigenvalue weighted by molar-refractivity contribution is 0.999. The molecule has 0 fully saturated rings. The summed E-state index contributed by atoms with van der Waals surface area (Å²) in [4.78, 5) is 0. The summed E-state index contributed by atoms with van der Waals surface area (Å²) in [5.41, 5.74) is 0. The second-order valence-corrected chi connectivity index (χ2v) is 3.38. The van der Waals surface area contributed by atoms with Crippen molar-refractivity contribution in [2.75, 3.05) is 0 Å². The fraction of sp³-hybridized carbons (Fsp3) is 0.357. The van der Waals surface area contributed by atoms with E-state index in [2.05, 4.69) is 55.0 Å². The summed E-state index contributed by atoms with van der Waals surface area (Å²) in [7, 11) is 0. The van der Waals surface area contributed by atoms with Gasteiger partial charge in [0, 0.05) is 0 Å². The Hall–Kier alpha value is -1.04. The Morgan fingerprint density at radius 1 is 0.500 bits per heavy atom. The Labute approximate surface area is 87.7 Å². The van der Waals surface area contributed by atoms with Crippen LogP contribution in [0.5, 0.6) is 0 Å². The smallest absolute Gasteiger partial charge is 0.0130 e. The molecule has 0 amide bonds. The quantitative estimate of drug-likeness (QED) is 0.494. The van der Waals surface area contributed by atoms with Crippen LogP contribution in [0.1, 0.15) is 32.1 Å². The van der Waals surface area contributed by atoms with Crippen molar-refractivity contribution >= 4 is 0 Å². The first-order chi connectivity index (χ1) is 7.00. The largest absolute Gasteiger partial charge is 0.0882 e. The summed E-state index contributed by atoms with van der Waals surface area (Å²) in [5.74, 6) is 0. The highest BCUT2D eigenvalue weighted by atomic mass is 13.9. The van der Waals surface area contributed by atoms with Crippen molar-refractivity contribution in [1.29, 1.82) is 0 Å². The van der Waals surface area contributed by atoms with E-state index in [1.807, 2.05) is 0 Å². The van der Waals surface area contributed by atoms with Gasteiger partial charge in [-0.1, -0.05) is 48.6 Å². The molecule has 0 aromatic heterocycles. The molecule has 0 heterocycles. The van der Waals surface area contributed by atoms with Gasteiger partial charge in [0.1, 0.15) is 0 Å². The molecule has 0 saturated heterocycles. The maximum atomic E-state index is 2.28. The molecule has 0 unspecified atom stereocenters. The Morgan fingerprint density at radius 2 is 1.14 bits per heavy atom. The van der Waals surface area contributed by atoms with Crippen LogP contribution < -0.4 is 0 Å². The van der Waals surface area contributed by atoms with Gasteiger partial charge in [-0.25, -0.2) is 0 Å². The third kappa shape index (κ3) is 6.47. The summed E-state index contributed by atoms with van der Waals surface area (Å²) in [6.07, 6.45) is 25.5. The van der Waals surface area contributed by atoms with Gasteiger partial charge in [-0.15, -0.1) is 0 Å². The van der Waals surface area contributed by atoms with Crippen molar-refractivity contribution in [1.82, 2.24) is 0 Å². The molecule has 0 spiro atoms. The molecule has 1 rings (SSSR count). The van der Waals surface area contributed by atoms with Crippen molar-refractivity contribution in [3.63, 3.8) is 0 Å². The molecule has 0 atom stereocenters. The van der Waals surface area contributed by atoms with Gasteiger partial charge >= 0.3 is 0 Å². The minimum Gasteiger partial charge on any atom is -0.0882 e. The predicted molar refractivity (Wildman–Crippen MR) is 63.9 cm³/mol. The van der Waals surface area contributed by atoms with Crippen LogP contribution in [-0.2, 0) is 0 Å². The van der Waals surface area contributed by atoms with Crippen molar-refractivity contribution in [3.8, 4) is 0 Å². The van der Waals surface area contributed by atoms with Gasteiger partial charge < -0.3 is 0 Å². The van der Waals surface area contributed by atoms with Crippen LogP contribution in [0.15, 0.2) is 48.6 Å². The molecule has 1 aliphatic carbocycles. The van der Waals surface area contributed by atoms with Gasteiger partial charge in [-0.05, 0) is 38.5 Å². The zero-order valence-electron chi connectivity index (χ0n) is 8.73. The molecular weight excluding hydrogens is 168 g/mol. The van der Waals surface area contributed by atoms with Gasteiger partial charge in [-0.2, -0.15) is 0 Å². The van der Waals surface area contributed by atoms with E-state index in [0.29, 0.717) is 0 Å². The molecule has 0 saturated carbocycles.